The van der Waals surface area contributed by atoms with E-state index in [-0.39, 0.29) is 11.5 Å². The van der Waals surface area contributed by atoms with E-state index in [1.165, 1.54) is 11.8 Å². The topological polar surface area (TPSA) is 77.8 Å². The largest absolute Gasteiger partial charge is 0.490 e. The molecule has 1 fully saturated rings. The van der Waals surface area contributed by atoms with Gasteiger partial charge in [0.15, 0.2) is 11.5 Å². The van der Waals surface area contributed by atoms with Gasteiger partial charge in [-0.15, -0.1) is 0 Å². The summed E-state index contributed by atoms with van der Waals surface area (Å²) in [5, 5.41) is 12.6. The second-order valence-electron chi connectivity index (χ2n) is 8.08. The summed E-state index contributed by atoms with van der Waals surface area (Å²) in [4.78, 5) is 16.9. The van der Waals surface area contributed by atoms with Gasteiger partial charge in [-0.1, -0.05) is 36.4 Å². The Morgan fingerprint density at radius 2 is 1.71 bits per heavy atom. The Morgan fingerprint density at radius 3 is 2.38 bits per heavy atom. The molecule has 2 aromatic carbocycles. The molecule has 0 unspecified atom stereocenters. The molecule has 0 atom stereocenters. The molecule has 3 rings (SSSR count). The smallest absolute Gasteiger partial charge is 0.266 e. The fourth-order valence-electron chi connectivity index (χ4n) is 3.90. The minimum Gasteiger partial charge on any atom is -0.490 e. The molecule has 0 radical (unpaired) electrons. The van der Waals surface area contributed by atoms with Crippen LogP contribution in [-0.4, -0.2) is 61.6 Å². The van der Waals surface area contributed by atoms with Crippen molar-refractivity contribution in [1.82, 2.24) is 15.1 Å². The molecule has 0 spiro atoms. The van der Waals surface area contributed by atoms with Crippen molar-refractivity contribution >= 4 is 5.91 Å². The van der Waals surface area contributed by atoms with E-state index in [1.54, 1.807) is 4.90 Å². The van der Waals surface area contributed by atoms with Gasteiger partial charge >= 0.3 is 0 Å². The maximum Gasteiger partial charge on any atom is 0.266 e. The van der Waals surface area contributed by atoms with Gasteiger partial charge in [0.25, 0.3) is 5.91 Å². The summed E-state index contributed by atoms with van der Waals surface area (Å²) in [5.74, 6) is 1.26. The number of piperazine rings is 1. The first-order chi connectivity index (χ1) is 16.6. The third-order valence-electron chi connectivity index (χ3n) is 5.67. The molecular formula is C27H34N4O3. The predicted octanol–water partition coefficient (Wildman–Crippen LogP) is 3.37. The summed E-state index contributed by atoms with van der Waals surface area (Å²) >= 11 is 0. The number of nitrogens with zero attached hydrogens (tertiary/aromatic N) is 3. The van der Waals surface area contributed by atoms with Crippen molar-refractivity contribution in [2.24, 2.45) is 0 Å². The van der Waals surface area contributed by atoms with Gasteiger partial charge < -0.3 is 19.7 Å². The molecule has 7 nitrogen and oxygen atoms in total. The molecule has 0 saturated carbocycles. The van der Waals surface area contributed by atoms with Crippen LogP contribution in [0, 0.1) is 11.3 Å². The quantitative estimate of drug-likeness (QED) is 0.313. The van der Waals surface area contributed by atoms with Gasteiger partial charge in [-0.3, -0.25) is 9.69 Å². The highest BCUT2D eigenvalue weighted by atomic mass is 16.5. The molecule has 180 valence electrons. The van der Waals surface area contributed by atoms with E-state index < -0.39 is 0 Å². The number of amides is 1. The highest BCUT2D eigenvalue weighted by Gasteiger charge is 2.23. The van der Waals surface area contributed by atoms with Crippen molar-refractivity contribution in [3.05, 3.63) is 71.4 Å². The SMILES string of the molecule is CCOc1ccc(CCN/C=C(/C#N)C(=O)N2CCN(Cc3ccccc3)CC2)cc1OCC. The Balaban J connectivity index is 1.47. The van der Waals surface area contributed by atoms with Gasteiger partial charge in [0, 0.05) is 45.5 Å². The first kappa shape index (κ1) is 25.1. The Hall–Kier alpha value is -3.50. The molecule has 1 aliphatic heterocycles. The lowest BCUT2D eigenvalue weighted by Crippen LogP contribution is -2.48. The van der Waals surface area contributed by atoms with Crippen LogP contribution in [0.3, 0.4) is 0 Å². The number of carbonyl (C=O) groups is 1. The van der Waals surface area contributed by atoms with Crippen LogP contribution in [0.1, 0.15) is 25.0 Å². The number of benzene rings is 2. The van der Waals surface area contributed by atoms with Crippen molar-refractivity contribution in [1.29, 1.82) is 5.26 Å². The van der Waals surface area contributed by atoms with Crippen LogP contribution in [0.4, 0.5) is 0 Å². The highest BCUT2D eigenvalue weighted by molar-refractivity contribution is 5.97. The highest BCUT2D eigenvalue weighted by Crippen LogP contribution is 2.28. The van der Waals surface area contributed by atoms with Crippen LogP contribution >= 0.6 is 0 Å². The monoisotopic (exact) mass is 462 g/mol. The van der Waals surface area contributed by atoms with E-state index in [0.717, 1.165) is 43.1 Å². The summed E-state index contributed by atoms with van der Waals surface area (Å²) in [5.41, 5.74) is 2.50. The van der Waals surface area contributed by atoms with Crippen molar-refractivity contribution in [3.63, 3.8) is 0 Å². The maximum atomic E-state index is 12.8. The van der Waals surface area contributed by atoms with Gasteiger partial charge in [0.05, 0.1) is 13.2 Å². The van der Waals surface area contributed by atoms with Crippen molar-refractivity contribution < 1.29 is 14.3 Å². The summed E-state index contributed by atoms with van der Waals surface area (Å²) in [6.45, 7) is 9.35. The number of rotatable bonds is 11. The molecule has 0 aromatic heterocycles. The third kappa shape index (κ3) is 7.26. The maximum absolute atomic E-state index is 12.8. The molecule has 1 amide bonds. The first-order valence-corrected chi connectivity index (χ1v) is 11.9. The van der Waals surface area contributed by atoms with Crippen LogP contribution < -0.4 is 14.8 Å². The minimum absolute atomic E-state index is 0.137. The van der Waals surface area contributed by atoms with E-state index in [0.29, 0.717) is 32.8 Å². The second kappa shape index (κ2) is 13.3. The zero-order valence-electron chi connectivity index (χ0n) is 20.1. The standard InChI is InChI=1S/C27H34N4O3/c1-3-33-25-11-10-22(18-26(25)34-4-2)12-13-29-20-24(19-28)27(32)31-16-14-30(15-17-31)21-23-8-6-5-7-9-23/h5-11,18,20,29H,3-4,12-17,21H2,1-2H3/b24-20-. The molecule has 0 bridgehead atoms. The fraction of sp³-hybridized carbons (Fsp3) is 0.407. The summed E-state index contributed by atoms with van der Waals surface area (Å²) in [7, 11) is 0. The number of hydrogen-bond acceptors (Lipinski definition) is 6. The lowest BCUT2D eigenvalue weighted by Gasteiger charge is -2.34. The molecule has 34 heavy (non-hydrogen) atoms. The number of ether oxygens (including phenoxy) is 2. The normalized spacial score (nSPS) is 14.4. The number of hydrogen-bond donors (Lipinski definition) is 1. The molecule has 1 heterocycles. The molecule has 1 N–H and O–H groups in total. The number of nitriles is 1. The average Bonchev–Trinajstić information content (AvgIpc) is 2.86. The van der Waals surface area contributed by atoms with E-state index >= 15 is 0 Å². The molecule has 1 aliphatic rings. The van der Waals surface area contributed by atoms with Crippen LogP contribution in [0.15, 0.2) is 60.3 Å². The van der Waals surface area contributed by atoms with Crippen LogP contribution in [-0.2, 0) is 17.8 Å². The Labute approximate surface area is 202 Å². The molecule has 0 aliphatic carbocycles. The first-order valence-electron chi connectivity index (χ1n) is 11.9. The van der Waals surface area contributed by atoms with Gasteiger partial charge in [0.2, 0.25) is 0 Å². The van der Waals surface area contributed by atoms with Crippen LogP contribution in [0.2, 0.25) is 0 Å². The molecular weight excluding hydrogens is 428 g/mol. The summed E-state index contributed by atoms with van der Waals surface area (Å²) < 4.78 is 11.3. The fourth-order valence-corrected chi connectivity index (χ4v) is 3.90. The number of nitrogens with one attached hydrogen (secondary N) is 1. The van der Waals surface area contributed by atoms with Crippen LogP contribution in [0.5, 0.6) is 11.5 Å². The molecule has 7 heteroatoms. The van der Waals surface area contributed by atoms with E-state index in [2.05, 4.69) is 28.4 Å². The predicted molar refractivity (Wildman–Crippen MR) is 132 cm³/mol. The molecule has 1 saturated heterocycles. The average molecular weight is 463 g/mol. The second-order valence-corrected chi connectivity index (χ2v) is 8.08. The van der Waals surface area contributed by atoms with Crippen molar-refractivity contribution in [2.75, 3.05) is 45.9 Å². The Bertz CT molecular complexity index is 993. The summed E-state index contributed by atoms with van der Waals surface area (Å²) in [6, 6.07) is 18.3. The van der Waals surface area contributed by atoms with Crippen LogP contribution in [0.25, 0.3) is 0 Å². The van der Waals surface area contributed by atoms with Gasteiger partial charge in [-0.05, 0) is 43.5 Å². The lowest BCUT2D eigenvalue weighted by molar-refractivity contribution is -0.128. The van der Waals surface area contributed by atoms with Gasteiger partial charge in [-0.2, -0.15) is 5.26 Å². The van der Waals surface area contributed by atoms with Crippen molar-refractivity contribution in [3.8, 4) is 17.6 Å². The lowest BCUT2D eigenvalue weighted by atomic mass is 10.1. The van der Waals surface area contributed by atoms with Gasteiger partial charge in [0.1, 0.15) is 11.6 Å². The number of carbonyl (C=O) groups excluding carboxylic acids is 1. The molecule has 2 aromatic rings. The van der Waals surface area contributed by atoms with E-state index in [4.69, 9.17) is 9.47 Å². The third-order valence-corrected chi connectivity index (χ3v) is 5.67. The zero-order chi connectivity index (χ0) is 24.2. The van der Waals surface area contributed by atoms with E-state index in [1.807, 2.05) is 50.2 Å². The summed E-state index contributed by atoms with van der Waals surface area (Å²) in [6.07, 6.45) is 2.27. The van der Waals surface area contributed by atoms with Crippen molar-refractivity contribution in [2.45, 2.75) is 26.8 Å². The zero-order valence-corrected chi connectivity index (χ0v) is 20.1. The Morgan fingerprint density at radius 1 is 1.00 bits per heavy atom. The minimum atomic E-state index is -0.214. The van der Waals surface area contributed by atoms with E-state index in [9.17, 15) is 10.1 Å². The van der Waals surface area contributed by atoms with Gasteiger partial charge in [-0.25, -0.2) is 0 Å². The Kier molecular flexibility index (Phi) is 9.80.